The van der Waals surface area contributed by atoms with Crippen molar-refractivity contribution >= 4 is 0 Å². The highest BCUT2D eigenvalue weighted by molar-refractivity contribution is 5.26. The molecular weight excluding hydrogens is 174 g/mol. The third kappa shape index (κ3) is 1.97. The summed E-state index contributed by atoms with van der Waals surface area (Å²) in [5.41, 5.74) is 2.46. The summed E-state index contributed by atoms with van der Waals surface area (Å²) in [5.74, 6) is 0. The van der Waals surface area contributed by atoms with E-state index in [0.717, 1.165) is 19.4 Å². The van der Waals surface area contributed by atoms with Crippen molar-refractivity contribution in [1.82, 2.24) is 5.32 Å². The molecule has 1 heterocycles. The smallest absolute Gasteiger partial charge is 0.0735 e. The van der Waals surface area contributed by atoms with Gasteiger partial charge in [0.1, 0.15) is 0 Å². The molecule has 0 saturated carbocycles. The van der Waals surface area contributed by atoms with Crippen LogP contribution in [0.25, 0.3) is 0 Å². The Labute approximate surface area is 85.0 Å². The van der Waals surface area contributed by atoms with Gasteiger partial charge in [0, 0.05) is 0 Å². The van der Waals surface area contributed by atoms with Gasteiger partial charge in [-0.3, -0.25) is 0 Å². The van der Waals surface area contributed by atoms with Crippen LogP contribution in [0.2, 0.25) is 0 Å². The highest BCUT2D eigenvalue weighted by Crippen LogP contribution is 2.23. The van der Waals surface area contributed by atoms with Crippen molar-refractivity contribution in [3.8, 4) is 0 Å². The minimum Gasteiger partial charge on any atom is -0.391 e. The Morgan fingerprint density at radius 2 is 2.29 bits per heavy atom. The molecular formula is C12H17NO. The zero-order chi connectivity index (χ0) is 9.97. The first kappa shape index (κ1) is 9.69. The first-order chi connectivity index (χ1) is 6.77. The summed E-state index contributed by atoms with van der Waals surface area (Å²) < 4.78 is 0. The zero-order valence-corrected chi connectivity index (χ0v) is 8.53. The summed E-state index contributed by atoms with van der Waals surface area (Å²) in [6, 6.07) is 8.49. The van der Waals surface area contributed by atoms with Crippen molar-refractivity contribution in [2.45, 2.75) is 31.9 Å². The van der Waals surface area contributed by atoms with Gasteiger partial charge in [-0.2, -0.15) is 0 Å². The second-order valence-corrected chi connectivity index (χ2v) is 4.06. The van der Waals surface area contributed by atoms with Crippen molar-refractivity contribution in [2.75, 3.05) is 6.54 Å². The number of hydrogen-bond acceptors (Lipinski definition) is 2. The van der Waals surface area contributed by atoms with Crippen molar-refractivity contribution in [3.05, 3.63) is 35.4 Å². The van der Waals surface area contributed by atoms with Gasteiger partial charge in [0.2, 0.25) is 0 Å². The van der Waals surface area contributed by atoms with Crippen molar-refractivity contribution in [3.63, 3.8) is 0 Å². The molecule has 0 spiro atoms. The molecule has 1 aliphatic rings. The van der Waals surface area contributed by atoms with Gasteiger partial charge in [0.05, 0.1) is 12.1 Å². The Kier molecular flexibility index (Phi) is 2.85. The molecule has 2 unspecified atom stereocenters. The second kappa shape index (κ2) is 4.11. The van der Waals surface area contributed by atoms with Crippen LogP contribution in [-0.4, -0.2) is 17.8 Å². The number of rotatable bonds is 1. The van der Waals surface area contributed by atoms with Gasteiger partial charge >= 0.3 is 0 Å². The maximum absolute atomic E-state index is 9.85. The van der Waals surface area contributed by atoms with Crippen LogP contribution < -0.4 is 5.32 Å². The number of benzene rings is 1. The fourth-order valence-corrected chi connectivity index (χ4v) is 2.08. The number of nitrogens with one attached hydrogen (secondary N) is 1. The van der Waals surface area contributed by atoms with E-state index in [2.05, 4.69) is 30.4 Å². The van der Waals surface area contributed by atoms with E-state index in [9.17, 15) is 5.11 Å². The van der Waals surface area contributed by atoms with E-state index in [4.69, 9.17) is 0 Å². The molecule has 0 aliphatic carbocycles. The standard InChI is InChI=1S/C12H17NO/c1-9-4-2-5-10(8-9)12-11(14)6-3-7-13-12/h2,4-5,8,11-14H,3,6-7H2,1H3. The van der Waals surface area contributed by atoms with Crippen LogP contribution in [0, 0.1) is 6.92 Å². The minimum atomic E-state index is -0.231. The predicted molar refractivity (Wildman–Crippen MR) is 57.2 cm³/mol. The maximum Gasteiger partial charge on any atom is 0.0735 e. The van der Waals surface area contributed by atoms with Gasteiger partial charge in [-0.05, 0) is 31.9 Å². The molecule has 0 radical (unpaired) electrons. The van der Waals surface area contributed by atoms with Gasteiger partial charge in [-0.1, -0.05) is 29.8 Å². The van der Waals surface area contributed by atoms with Crippen molar-refractivity contribution in [1.29, 1.82) is 0 Å². The van der Waals surface area contributed by atoms with Gasteiger partial charge < -0.3 is 10.4 Å². The second-order valence-electron chi connectivity index (χ2n) is 4.06. The highest BCUT2D eigenvalue weighted by atomic mass is 16.3. The van der Waals surface area contributed by atoms with E-state index in [-0.39, 0.29) is 12.1 Å². The van der Waals surface area contributed by atoms with E-state index in [1.54, 1.807) is 0 Å². The molecule has 1 aliphatic heterocycles. The summed E-state index contributed by atoms with van der Waals surface area (Å²) in [4.78, 5) is 0. The Morgan fingerprint density at radius 1 is 1.43 bits per heavy atom. The number of hydrogen-bond donors (Lipinski definition) is 2. The van der Waals surface area contributed by atoms with Crippen LogP contribution in [-0.2, 0) is 0 Å². The lowest BCUT2D eigenvalue weighted by Gasteiger charge is -2.29. The Balaban J connectivity index is 2.20. The lowest BCUT2D eigenvalue weighted by molar-refractivity contribution is 0.0965. The lowest BCUT2D eigenvalue weighted by Crippen LogP contribution is -2.37. The van der Waals surface area contributed by atoms with E-state index in [1.165, 1.54) is 11.1 Å². The van der Waals surface area contributed by atoms with E-state index in [1.807, 2.05) is 6.07 Å². The molecule has 1 aromatic carbocycles. The molecule has 1 aromatic rings. The van der Waals surface area contributed by atoms with Gasteiger partial charge in [-0.25, -0.2) is 0 Å². The SMILES string of the molecule is Cc1cccc(C2NCCCC2O)c1. The molecule has 2 atom stereocenters. The molecule has 2 rings (SSSR count). The summed E-state index contributed by atoms with van der Waals surface area (Å²) in [6.45, 7) is 3.09. The number of aliphatic hydroxyl groups is 1. The number of aryl methyl sites for hydroxylation is 1. The van der Waals surface area contributed by atoms with E-state index in [0.29, 0.717) is 0 Å². The summed E-state index contributed by atoms with van der Waals surface area (Å²) in [5, 5.41) is 13.2. The lowest BCUT2D eigenvalue weighted by atomic mass is 9.94. The Morgan fingerprint density at radius 3 is 3.00 bits per heavy atom. The van der Waals surface area contributed by atoms with Crippen LogP contribution in [0.3, 0.4) is 0 Å². The van der Waals surface area contributed by atoms with E-state index >= 15 is 0 Å². The average molecular weight is 191 g/mol. The molecule has 2 heteroatoms. The van der Waals surface area contributed by atoms with Crippen LogP contribution in [0.4, 0.5) is 0 Å². The van der Waals surface area contributed by atoms with Crippen LogP contribution in [0.1, 0.15) is 30.0 Å². The Bertz CT molecular complexity index is 311. The van der Waals surface area contributed by atoms with Crippen LogP contribution >= 0.6 is 0 Å². The molecule has 0 bridgehead atoms. The Hall–Kier alpha value is -0.860. The molecule has 0 aromatic heterocycles. The van der Waals surface area contributed by atoms with Crippen LogP contribution in [0.5, 0.6) is 0 Å². The summed E-state index contributed by atoms with van der Waals surface area (Å²) in [7, 11) is 0. The third-order valence-electron chi connectivity index (χ3n) is 2.83. The monoisotopic (exact) mass is 191 g/mol. The molecule has 2 nitrogen and oxygen atoms in total. The molecule has 2 N–H and O–H groups in total. The molecule has 0 amide bonds. The average Bonchev–Trinajstić information content (AvgIpc) is 2.18. The van der Waals surface area contributed by atoms with Crippen LogP contribution in [0.15, 0.2) is 24.3 Å². The molecule has 1 fully saturated rings. The first-order valence-corrected chi connectivity index (χ1v) is 5.25. The fraction of sp³-hybridized carbons (Fsp3) is 0.500. The maximum atomic E-state index is 9.85. The molecule has 1 saturated heterocycles. The van der Waals surface area contributed by atoms with Crippen molar-refractivity contribution < 1.29 is 5.11 Å². The van der Waals surface area contributed by atoms with E-state index < -0.39 is 0 Å². The summed E-state index contributed by atoms with van der Waals surface area (Å²) in [6.07, 6.45) is 1.75. The first-order valence-electron chi connectivity index (χ1n) is 5.25. The largest absolute Gasteiger partial charge is 0.391 e. The number of piperidine rings is 1. The normalized spacial score (nSPS) is 27.6. The van der Waals surface area contributed by atoms with Crippen molar-refractivity contribution in [2.24, 2.45) is 0 Å². The minimum absolute atomic E-state index is 0.128. The van der Waals surface area contributed by atoms with Gasteiger partial charge in [-0.15, -0.1) is 0 Å². The molecule has 76 valence electrons. The highest BCUT2D eigenvalue weighted by Gasteiger charge is 2.23. The van der Waals surface area contributed by atoms with Gasteiger partial charge in [0.25, 0.3) is 0 Å². The quantitative estimate of drug-likeness (QED) is 0.709. The third-order valence-corrected chi connectivity index (χ3v) is 2.83. The zero-order valence-electron chi connectivity index (χ0n) is 8.53. The number of aliphatic hydroxyl groups excluding tert-OH is 1. The van der Waals surface area contributed by atoms with Gasteiger partial charge in [0.15, 0.2) is 0 Å². The fourth-order valence-electron chi connectivity index (χ4n) is 2.08. The topological polar surface area (TPSA) is 32.3 Å². The summed E-state index contributed by atoms with van der Waals surface area (Å²) >= 11 is 0. The molecule has 14 heavy (non-hydrogen) atoms. The predicted octanol–water partition coefficient (Wildman–Crippen LogP) is 1.78.